The van der Waals surface area contributed by atoms with Crippen LogP contribution in [0, 0.1) is 11.6 Å². The van der Waals surface area contributed by atoms with Crippen LogP contribution in [0.3, 0.4) is 0 Å². The van der Waals surface area contributed by atoms with Crippen LogP contribution in [-0.4, -0.2) is 26.6 Å². The highest BCUT2D eigenvalue weighted by molar-refractivity contribution is 5.79. The molecule has 138 valence electrons. The lowest BCUT2D eigenvalue weighted by molar-refractivity contribution is 0.581. The van der Waals surface area contributed by atoms with Crippen LogP contribution in [0.5, 0.6) is 0 Å². The Labute approximate surface area is 152 Å². The van der Waals surface area contributed by atoms with E-state index < -0.39 is 11.6 Å². The van der Waals surface area contributed by atoms with Crippen molar-refractivity contribution >= 4 is 11.6 Å². The molecule has 1 heterocycles. The number of fused-ring (bicyclic) bond motifs is 1. The normalized spacial score (nSPS) is 14.2. The molecule has 2 aromatic rings. The van der Waals surface area contributed by atoms with Crippen molar-refractivity contribution in [2.75, 3.05) is 25.5 Å². The highest BCUT2D eigenvalue weighted by Gasteiger charge is 2.13. The van der Waals surface area contributed by atoms with E-state index in [1.807, 2.05) is 0 Å². The summed E-state index contributed by atoms with van der Waals surface area (Å²) in [5, 5.41) is 6.23. The first kappa shape index (κ1) is 18.2. The predicted molar refractivity (Wildman–Crippen MR) is 101 cm³/mol. The van der Waals surface area contributed by atoms with Gasteiger partial charge in [-0.2, -0.15) is 0 Å². The number of rotatable bonds is 4. The van der Waals surface area contributed by atoms with E-state index in [0.29, 0.717) is 12.5 Å². The zero-order chi connectivity index (χ0) is 18.5. The largest absolute Gasteiger partial charge is 0.374 e. The Hall–Kier alpha value is -2.63. The molecule has 2 N–H and O–H groups in total. The van der Waals surface area contributed by atoms with Crippen LogP contribution in [0.1, 0.15) is 23.1 Å². The lowest BCUT2D eigenvalue weighted by Crippen LogP contribution is -2.36. The maximum absolute atomic E-state index is 13.7. The molecular weight excluding hydrogens is 334 g/mol. The Balaban J connectivity index is 1.58. The molecule has 1 aliphatic rings. The van der Waals surface area contributed by atoms with E-state index in [1.54, 1.807) is 7.05 Å². The number of nitrogens with one attached hydrogen (secondary N) is 2. The summed E-state index contributed by atoms with van der Waals surface area (Å²) in [5.41, 5.74) is 4.09. The van der Waals surface area contributed by atoms with Gasteiger partial charge in [0.25, 0.3) is 0 Å². The first-order chi connectivity index (χ1) is 12.6. The van der Waals surface area contributed by atoms with Crippen LogP contribution >= 0.6 is 0 Å². The molecule has 0 amide bonds. The smallest absolute Gasteiger partial charge is 0.191 e. The summed E-state index contributed by atoms with van der Waals surface area (Å²) in [6.07, 6.45) is 2.27. The first-order valence-electron chi connectivity index (χ1n) is 8.78. The highest BCUT2D eigenvalue weighted by atomic mass is 19.1. The van der Waals surface area contributed by atoms with Crippen LogP contribution in [0.15, 0.2) is 41.4 Å². The third-order valence-electron chi connectivity index (χ3n) is 4.63. The monoisotopic (exact) mass is 358 g/mol. The van der Waals surface area contributed by atoms with Crippen molar-refractivity contribution < 1.29 is 8.78 Å². The van der Waals surface area contributed by atoms with Gasteiger partial charge in [-0.1, -0.05) is 12.1 Å². The Morgan fingerprint density at radius 3 is 2.73 bits per heavy atom. The fourth-order valence-corrected chi connectivity index (χ4v) is 3.21. The van der Waals surface area contributed by atoms with Gasteiger partial charge in [0.15, 0.2) is 5.96 Å². The quantitative estimate of drug-likeness (QED) is 0.651. The molecule has 3 rings (SSSR count). The van der Waals surface area contributed by atoms with E-state index in [-0.39, 0.29) is 12.1 Å². The van der Waals surface area contributed by atoms with Crippen molar-refractivity contribution in [3.63, 3.8) is 0 Å². The number of halogens is 2. The molecule has 26 heavy (non-hydrogen) atoms. The Morgan fingerprint density at radius 1 is 1.12 bits per heavy atom. The summed E-state index contributed by atoms with van der Waals surface area (Å²) < 4.78 is 26.9. The maximum atomic E-state index is 13.7. The molecule has 0 saturated heterocycles. The number of aliphatic imine (C=N–C) groups is 1. The van der Waals surface area contributed by atoms with Crippen LogP contribution < -0.4 is 15.5 Å². The number of anilines is 1. The van der Waals surface area contributed by atoms with E-state index in [1.165, 1.54) is 29.3 Å². The van der Waals surface area contributed by atoms with E-state index in [2.05, 4.69) is 45.8 Å². The molecule has 0 fully saturated rings. The molecule has 0 saturated carbocycles. The number of hydrogen-bond acceptors (Lipinski definition) is 2. The van der Waals surface area contributed by atoms with Gasteiger partial charge in [-0.25, -0.2) is 8.78 Å². The Bertz CT molecular complexity index is 804. The fourth-order valence-electron chi connectivity index (χ4n) is 3.21. The van der Waals surface area contributed by atoms with Gasteiger partial charge >= 0.3 is 0 Å². The molecule has 0 spiro atoms. The van der Waals surface area contributed by atoms with Gasteiger partial charge in [-0.15, -0.1) is 0 Å². The fraction of sp³-hybridized carbons (Fsp3) is 0.350. The summed E-state index contributed by atoms with van der Waals surface area (Å²) in [6, 6.07) is 9.91. The summed E-state index contributed by atoms with van der Waals surface area (Å²) in [5.74, 6) is -0.346. The van der Waals surface area contributed by atoms with Crippen molar-refractivity contribution in [2.24, 2.45) is 4.99 Å². The molecule has 0 aromatic heterocycles. The van der Waals surface area contributed by atoms with Gasteiger partial charge in [-0.05, 0) is 48.2 Å². The average molecular weight is 358 g/mol. The topological polar surface area (TPSA) is 39.7 Å². The molecule has 4 nitrogen and oxygen atoms in total. The van der Waals surface area contributed by atoms with Crippen molar-refractivity contribution in [2.45, 2.75) is 25.9 Å². The molecule has 6 heteroatoms. The van der Waals surface area contributed by atoms with Gasteiger partial charge in [0.2, 0.25) is 0 Å². The third-order valence-corrected chi connectivity index (χ3v) is 4.63. The minimum absolute atomic E-state index is 0.165. The summed E-state index contributed by atoms with van der Waals surface area (Å²) in [7, 11) is 3.77. The van der Waals surface area contributed by atoms with Crippen molar-refractivity contribution in [3.8, 4) is 0 Å². The standard InChI is InChI=1S/C20H24F2N4/c1-23-20(25-13-16-11-17(21)6-7-18(16)22)24-12-14-5-8-19-15(10-14)4-3-9-26(19)2/h5-8,10-11H,3-4,9,12-13H2,1-2H3,(H2,23,24,25). The number of hydrogen-bond donors (Lipinski definition) is 2. The summed E-state index contributed by atoms with van der Waals surface area (Å²) >= 11 is 0. The number of benzene rings is 2. The summed E-state index contributed by atoms with van der Waals surface area (Å²) in [6.45, 7) is 1.87. The number of guanidine groups is 1. The van der Waals surface area contributed by atoms with Crippen molar-refractivity contribution in [1.82, 2.24) is 10.6 Å². The second-order valence-corrected chi connectivity index (χ2v) is 6.50. The van der Waals surface area contributed by atoms with Gasteiger partial charge in [-0.3, -0.25) is 4.99 Å². The molecular formula is C20H24F2N4. The molecule has 0 radical (unpaired) electrons. The van der Waals surface area contributed by atoms with Gasteiger partial charge in [0, 0.05) is 45.0 Å². The highest BCUT2D eigenvalue weighted by Crippen LogP contribution is 2.26. The predicted octanol–water partition coefficient (Wildman–Crippen LogP) is 3.21. The average Bonchev–Trinajstić information content (AvgIpc) is 2.64. The second-order valence-electron chi connectivity index (χ2n) is 6.50. The van der Waals surface area contributed by atoms with E-state index in [9.17, 15) is 8.78 Å². The van der Waals surface area contributed by atoms with Crippen LogP contribution in [-0.2, 0) is 19.5 Å². The van der Waals surface area contributed by atoms with Crippen LogP contribution in [0.2, 0.25) is 0 Å². The van der Waals surface area contributed by atoms with Crippen LogP contribution in [0.4, 0.5) is 14.5 Å². The lowest BCUT2D eigenvalue weighted by atomic mass is 9.99. The van der Waals surface area contributed by atoms with Crippen LogP contribution in [0.25, 0.3) is 0 Å². The molecule has 0 atom stereocenters. The Kier molecular flexibility index (Phi) is 5.71. The lowest BCUT2D eigenvalue weighted by Gasteiger charge is -2.28. The second kappa shape index (κ2) is 8.17. The molecule has 2 aromatic carbocycles. The molecule has 0 aliphatic carbocycles. The van der Waals surface area contributed by atoms with Crippen molar-refractivity contribution in [3.05, 3.63) is 64.7 Å². The first-order valence-corrected chi connectivity index (χ1v) is 8.78. The van der Waals surface area contributed by atoms with E-state index in [0.717, 1.165) is 25.1 Å². The number of nitrogens with zero attached hydrogens (tertiary/aromatic N) is 2. The van der Waals surface area contributed by atoms with Gasteiger partial charge in [0.05, 0.1) is 0 Å². The zero-order valence-electron chi connectivity index (χ0n) is 15.1. The van der Waals surface area contributed by atoms with E-state index in [4.69, 9.17) is 0 Å². The summed E-state index contributed by atoms with van der Waals surface area (Å²) in [4.78, 5) is 6.42. The SMILES string of the molecule is CN=C(NCc1ccc2c(c1)CCCN2C)NCc1cc(F)ccc1F. The van der Waals surface area contributed by atoms with Crippen molar-refractivity contribution in [1.29, 1.82) is 0 Å². The molecule has 0 bridgehead atoms. The minimum atomic E-state index is -0.454. The maximum Gasteiger partial charge on any atom is 0.191 e. The minimum Gasteiger partial charge on any atom is -0.374 e. The molecule has 1 aliphatic heterocycles. The zero-order valence-corrected chi connectivity index (χ0v) is 15.1. The molecule has 0 unspecified atom stereocenters. The third kappa shape index (κ3) is 4.31. The van der Waals surface area contributed by atoms with Gasteiger partial charge in [0.1, 0.15) is 11.6 Å². The van der Waals surface area contributed by atoms with E-state index >= 15 is 0 Å². The number of aryl methyl sites for hydroxylation is 1. The Morgan fingerprint density at radius 2 is 1.92 bits per heavy atom. The van der Waals surface area contributed by atoms with Gasteiger partial charge < -0.3 is 15.5 Å².